The molecule has 0 radical (unpaired) electrons. The molecule has 10 nitrogen and oxygen atoms in total. The molecule has 11 heteroatoms. The maximum absolute atomic E-state index is 12.7. The third kappa shape index (κ3) is 5.53. The predicted molar refractivity (Wildman–Crippen MR) is 124 cm³/mol. The number of carbonyl (C=O) groups is 1. The van der Waals surface area contributed by atoms with Crippen LogP contribution in [-0.4, -0.2) is 76.0 Å². The van der Waals surface area contributed by atoms with E-state index >= 15 is 0 Å². The quantitative estimate of drug-likeness (QED) is 0.562. The fraction of sp³-hybridized carbons (Fsp3) is 0.476. The van der Waals surface area contributed by atoms with Gasteiger partial charge in [0.05, 0.1) is 5.69 Å². The van der Waals surface area contributed by atoms with Gasteiger partial charge in [0.15, 0.2) is 15.7 Å². The second-order valence-corrected chi connectivity index (χ2v) is 10.5. The first-order chi connectivity index (χ1) is 15.1. The molecule has 1 aromatic carbocycles. The van der Waals surface area contributed by atoms with Crippen molar-refractivity contribution in [2.24, 2.45) is 0 Å². The molecule has 1 saturated heterocycles. The molecule has 2 heterocycles. The van der Waals surface area contributed by atoms with E-state index in [0.29, 0.717) is 55.4 Å². The molecule has 0 aliphatic carbocycles. The lowest BCUT2D eigenvalue weighted by molar-refractivity contribution is 0.0732. The SMILES string of the molecule is CN(C)CCNC(=O)Nc1ccc(-c2nc(N)cc(C3(S(C)(=O)=O)CCOCC3)n2)cc1. The van der Waals surface area contributed by atoms with Gasteiger partial charge < -0.3 is 26.0 Å². The number of aromatic nitrogens is 2. The number of urea groups is 1. The molecule has 0 unspecified atom stereocenters. The molecule has 2 amide bonds. The van der Waals surface area contributed by atoms with Crippen molar-refractivity contribution in [3.05, 3.63) is 36.0 Å². The predicted octanol–water partition coefficient (Wildman–Crippen LogP) is 1.46. The summed E-state index contributed by atoms with van der Waals surface area (Å²) in [6, 6.07) is 8.21. The molecular weight excluding hydrogens is 432 g/mol. The standard InChI is InChI=1S/C21H30N6O4S/c1-27(2)11-10-23-20(28)24-16-6-4-15(5-7-16)19-25-17(14-18(22)26-19)21(32(3,29)30)8-12-31-13-9-21/h4-7,14H,8-13H2,1-3H3,(H2,22,25,26)(H2,23,24,28). The van der Waals surface area contributed by atoms with Crippen molar-refractivity contribution >= 4 is 27.4 Å². The summed E-state index contributed by atoms with van der Waals surface area (Å²) in [6.07, 6.45) is 1.85. The van der Waals surface area contributed by atoms with Gasteiger partial charge in [0.25, 0.3) is 0 Å². The van der Waals surface area contributed by atoms with Crippen molar-refractivity contribution in [1.29, 1.82) is 0 Å². The molecule has 2 aromatic rings. The lowest BCUT2D eigenvalue weighted by Crippen LogP contribution is -2.41. The molecule has 0 saturated carbocycles. The van der Waals surface area contributed by atoms with Gasteiger partial charge in [-0.3, -0.25) is 0 Å². The molecule has 0 atom stereocenters. The number of nitrogens with two attached hydrogens (primary N) is 1. The number of rotatable bonds is 7. The molecule has 0 bridgehead atoms. The largest absolute Gasteiger partial charge is 0.384 e. The van der Waals surface area contributed by atoms with E-state index in [2.05, 4.69) is 20.6 Å². The van der Waals surface area contributed by atoms with E-state index in [1.165, 1.54) is 12.3 Å². The Morgan fingerprint density at radius 1 is 1.19 bits per heavy atom. The summed E-state index contributed by atoms with van der Waals surface area (Å²) < 4.78 is 29.7. The van der Waals surface area contributed by atoms with Gasteiger partial charge in [0.2, 0.25) is 0 Å². The highest BCUT2D eigenvalue weighted by atomic mass is 32.2. The Bertz CT molecular complexity index is 1050. The highest BCUT2D eigenvalue weighted by Gasteiger charge is 2.45. The van der Waals surface area contributed by atoms with Crippen molar-refractivity contribution in [3.8, 4) is 11.4 Å². The highest BCUT2D eigenvalue weighted by Crippen LogP contribution is 2.39. The maximum Gasteiger partial charge on any atom is 0.319 e. The number of carbonyl (C=O) groups excluding carboxylic acids is 1. The van der Waals surface area contributed by atoms with Gasteiger partial charge in [-0.15, -0.1) is 0 Å². The molecule has 32 heavy (non-hydrogen) atoms. The van der Waals surface area contributed by atoms with Crippen molar-refractivity contribution in [1.82, 2.24) is 20.2 Å². The lowest BCUT2D eigenvalue weighted by Gasteiger charge is -2.35. The van der Waals surface area contributed by atoms with Crippen molar-refractivity contribution in [3.63, 3.8) is 0 Å². The number of sulfone groups is 1. The third-order valence-electron chi connectivity index (χ3n) is 5.47. The van der Waals surface area contributed by atoms with Gasteiger partial charge >= 0.3 is 6.03 Å². The average Bonchev–Trinajstić information content (AvgIpc) is 2.73. The highest BCUT2D eigenvalue weighted by molar-refractivity contribution is 7.91. The smallest absolute Gasteiger partial charge is 0.319 e. The monoisotopic (exact) mass is 462 g/mol. The fourth-order valence-corrected chi connectivity index (χ4v) is 5.01. The first-order valence-corrected chi connectivity index (χ1v) is 12.2. The summed E-state index contributed by atoms with van der Waals surface area (Å²) in [5.41, 5.74) is 7.67. The zero-order valence-corrected chi connectivity index (χ0v) is 19.4. The number of amides is 2. The van der Waals surface area contributed by atoms with E-state index in [9.17, 15) is 13.2 Å². The minimum Gasteiger partial charge on any atom is -0.384 e. The van der Waals surface area contributed by atoms with Crippen LogP contribution in [0.15, 0.2) is 30.3 Å². The first-order valence-electron chi connectivity index (χ1n) is 10.3. The number of benzene rings is 1. The molecule has 1 aliphatic rings. The summed E-state index contributed by atoms with van der Waals surface area (Å²) in [7, 11) is 0.392. The second kappa shape index (κ2) is 9.80. The van der Waals surface area contributed by atoms with Crippen LogP contribution in [0.2, 0.25) is 0 Å². The lowest BCUT2D eigenvalue weighted by atomic mass is 9.94. The van der Waals surface area contributed by atoms with Crippen LogP contribution in [0.5, 0.6) is 0 Å². The number of anilines is 2. The molecule has 0 spiro atoms. The van der Waals surface area contributed by atoms with E-state index < -0.39 is 14.6 Å². The van der Waals surface area contributed by atoms with E-state index in [1.54, 1.807) is 24.3 Å². The van der Waals surface area contributed by atoms with Crippen LogP contribution in [0.1, 0.15) is 18.5 Å². The fourth-order valence-electron chi connectivity index (χ4n) is 3.62. The number of hydrogen-bond donors (Lipinski definition) is 3. The van der Waals surface area contributed by atoms with Crippen LogP contribution in [-0.2, 0) is 19.3 Å². The van der Waals surface area contributed by atoms with E-state index in [-0.39, 0.29) is 11.8 Å². The maximum atomic E-state index is 12.7. The summed E-state index contributed by atoms with van der Waals surface area (Å²) in [5.74, 6) is 0.526. The normalized spacial score (nSPS) is 16.0. The topological polar surface area (TPSA) is 140 Å². The Morgan fingerprint density at radius 3 is 2.44 bits per heavy atom. The van der Waals surface area contributed by atoms with Crippen LogP contribution in [0.3, 0.4) is 0 Å². The van der Waals surface area contributed by atoms with Crippen LogP contribution < -0.4 is 16.4 Å². The Labute approximate surface area is 188 Å². The molecule has 1 aliphatic heterocycles. The zero-order chi connectivity index (χ0) is 23.4. The van der Waals surface area contributed by atoms with E-state index in [4.69, 9.17) is 10.5 Å². The number of nitrogen functional groups attached to an aromatic ring is 1. The van der Waals surface area contributed by atoms with E-state index in [1.807, 2.05) is 19.0 Å². The van der Waals surface area contributed by atoms with Gasteiger partial charge in [-0.05, 0) is 51.2 Å². The summed E-state index contributed by atoms with van der Waals surface area (Å²) >= 11 is 0. The number of hydrogen-bond acceptors (Lipinski definition) is 8. The summed E-state index contributed by atoms with van der Waals surface area (Å²) in [5, 5.41) is 5.55. The molecule has 1 aromatic heterocycles. The molecule has 1 fully saturated rings. The second-order valence-electron chi connectivity index (χ2n) is 8.14. The average molecular weight is 463 g/mol. The number of nitrogens with zero attached hydrogens (tertiary/aromatic N) is 3. The van der Waals surface area contributed by atoms with Gasteiger partial charge in [0, 0.05) is 49.9 Å². The van der Waals surface area contributed by atoms with Gasteiger partial charge in [-0.2, -0.15) is 0 Å². The zero-order valence-electron chi connectivity index (χ0n) is 18.6. The molecule has 3 rings (SSSR count). The molecule has 174 valence electrons. The Balaban J connectivity index is 1.82. The number of ether oxygens (including phenoxy) is 1. The minimum atomic E-state index is -3.47. The van der Waals surface area contributed by atoms with Gasteiger partial charge in [0.1, 0.15) is 10.6 Å². The van der Waals surface area contributed by atoms with E-state index in [0.717, 1.165) is 6.54 Å². The van der Waals surface area contributed by atoms with Crippen LogP contribution in [0.25, 0.3) is 11.4 Å². The molecule has 4 N–H and O–H groups in total. The Kier molecular flexibility index (Phi) is 7.32. The van der Waals surface area contributed by atoms with Crippen molar-refractivity contribution in [2.45, 2.75) is 17.6 Å². The number of likely N-dealkylation sites (N-methyl/N-ethyl adjacent to an activating group) is 1. The van der Waals surface area contributed by atoms with Gasteiger partial charge in [-0.1, -0.05) is 0 Å². The number of nitrogens with one attached hydrogen (secondary N) is 2. The van der Waals surface area contributed by atoms with Crippen LogP contribution >= 0.6 is 0 Å². The summed E-state index contributed by atoms with van der Waals surface area (Å²) in [4.78, 5) is 22.8. The van der Waals surface area contributed by atoms with Crippen LogP contribution in [0, 0.1) is 0 Å². The minimum absolute atomic E-state index is 0.196. The Morgan fingerprint density at radius 2 is 1.84 bits per heavy atom. The van der Waals surface area contributed by atoms with Gasteiger partial charge in [-0.25, -0.2) is 23.2 Å². The van der Waals surface area contributed by atoms with Crippen molar-refractivity contribution in [2.75, 3.05) is 57.7 Å². The first kappa shape index (κ1) is 23.9. The Hall–Kier alpha value is -2.76. The summed E-state index contributed by atoms with van der Waals surface area (Å²) in [6.45, 7) is 1.94. The van der Waals surface area contributed by atoms with Crippen molar-refractivity contribution < 1.29 is 17.9 Å². The third-order valence-corrected chi connectivity index (χ3v) is 7.51. The molecular formula is C21H30N6O4S. The van der Waals surface area contributed by atoms with Crippen LogP contribution in [0.4, 0.5) is 16.3 Å².